The molecule has 4 N–H and O–H groups in total. The van der Waals surface area contributed by atoms with E-state index in [4.69, 9.17) is 10.5 Å². The summed E-state index contributed by atoms with van der Waals surface area (Å²) in [6, 6.07) is 29.2. The Kier molecular flexibility index (Phi) is 6.63. The molecule has 3 aromatic carbocycles. The minimum atomic E-state index is -0.311. The van der Waals surface area contributed by atoms with Gasteiger partial charge in [0.15, 0.2) is 0 Å². The average Bonchev–Trinajstić information content (AvgIpc) is 2.84. The van der Waals surface area contributed by atoms with Gasteiger partial charge in [-0.2, -0.15) is 0 Å². The Balaban J connectivity index is 1.30. The Morgan fingerprint density at radius 3 is 2.38 bits per heavy atom. The molecule has 4 aromatic rings. The molecule has 0 saturated heterocycles. The minimum absolute atomic E-state index is 0.311. The van der Waals surface area contributed by atoms with Crippen LogP contribution in [0.5, 0.6) is 5.75 Å². The van der Waals surface area contributed by atoms with Crippen LogP contribution >= 0.6 is 0 Å². The molecule has 160 valence electrons. The highest BCUT2D eigenvalue weighted by Crippen LogP contribution is 2.25. The SMILES string of the molecule is Nc1ccc(NC(=O)NCc2ccc(OCc3ccccc3-c3ccccc3)cc2)cn1. The van der Waals surface area contributed by atoms with E-state index >= 15 is 0 Å². The summed E-state index contributed by atoms with van der Waals surface area (Å²) in [7, 11) is 0. The predicted molar refractivity (Wildman–Crippen MR) is 127 cm³/mol. The lowest BCUT2D eigenvalue weighted by Crippen LogP contribution is -2.28. The van der Waals surface area contributed by atoms with Crippen LogP contribution in [0.4, 0.5) is 16.3 Å². The third-order valence-electron chi connectivity index (χ3n) is 4.92. The molecule has 0 saturated carbocycles. The lowest BCUT2D eigenvalue weighted by molar-refractivity contribution is 0.251. The van der Waals surface area contributed by atoms with Gasteiger partial charge in [0, 0.05) is 6.54 Å². The molecule has 0 unspecified atom stereocenters. The first-order valence-corrected chi connectivity index (χ1v) is 10.3. The van der Waals surface area contributed by atoms with Crippen LogP contribution in [-0.4, -0.2) is 11.0 Å². The van der Waals surface area contributed by atoms with Crippen molar-refractivity contribution in [2.45, 2.75) is 13.2 Å². The topological polar surface area (TPSA) is 89.3 Å². The Morgan fingerprint density at radius 2 is 1.62 bits per heavy atom. The molecule has 0 bridgehead atoms. The molecule has 1 heterocycles. The van der Waals surface area contributed by atoms with Gasteiger partial charge in [-0.3, -0.25) is 0 Å². The van der Waals surface area contributed by atoms with Crippen LogP contribution in [0, 0.1) is 0 Å². The maximum absolute atomic E-state index is 12.0. The molecule has 0 atom stereocenters. The van der Waals surface area contributed by atoms with Crippen molar-refractivity contribution < 1.29 is 9.53 Å². The number of carbonyl (C=O) groups excluding carboxylic acids is 1. The Hall–Kier alpha value is -4.32. The Morgan fingerprint density at radius 1 is 0.875 bits per heavy atom. The largest absolute Gasteiger partial charge is 0.489 e. The number of nitrogens with two attached hydrogens (primary N) is 1. The number of carbonyl (C=O) groups is 1. The fourth-order valence-electron chi connectivity index (χ4n) is 3.25. The molecule has 6 heteroatoms. The van der Waals surface area contributed by atoms with Crippen LogP contribution in [0.15, 0.2) is 97.2 Å². The van der Waals surface area contributed by atoms with Gasteiger partial charge in [0.1, 0.15) is 18.2 Å². The maximum atomic E-state index is 12.0. The average molecular weight is 425 g/mol. The summed E-state index contributed by atoms with van der Waals surface area (Å²) in [5, 5.41) is 5.53. The first kappa shape index (κ1) is 20.9. The Bertz CT molecular complexity index is 1160. The number of aromatic nitrogens is 1. The van der Waals surface area contributed by atoms with E-state index in [1.165, 1.54) is 11.8 Å². The van der Waals surface area contributed by atoms with E-state index in [1.54, 1.807) is 12.1 Å². The summed E-state index contributed by atoms with van der Waals surface area (Å²) in [5.41, 5.74) is 10.5. The van der Waals surface area contributed by atoms with Crippen LogP contribution in [-0.2, 0) is 13.2 Å². The maximum Gasteiger partial charge on any atom is 0.319 e. The van der Waals surface area contributed by atoms with E-state index in [0.29, 0.717) is 24.7 Å². The molecule has 6 nitrogen and oxygen atoms in total. The highest BCUT2D eigenvalue weighted by Gasteiger charge is 2.06. The number of pyridine rings is 1. The van der Waals surface area contributed by atoms with Gasteiger partial charge in [0.05, 0.1) is 11.9 Å². The van der Waals surface area contributed by atoms with Gasteiger partial charge in [-0.25, -0.2) is 9.78 Å². The van der Waals surface area contributed by atoms with E-state index < -0.39 is 0 Å². The molecule has 0 aliphatic carbocycles. The van der Waals surface area contributed by atoms with Crippen LogP contribution in [0.25, 0.3) is 11.1 Å². The van der Waals surface area contributed by atoms with Crippen LogP contribution in [0.2, 0.25) is 0 Å². The van der Waals surface area contributed by atoms with Gasteiger partial charge in [-0.1, -0.05) is 66.7 Å². The molecular weight excluding hydrogens is 400 g/mol. The lowest BCUT2D eigenvalue weighted by atomic mass is 10.0. The standard InChI is InChI=1S/C26H24N4O2/c27-25-15-12-22(17-28-25)30-26(31)29-16-19-10-13-23(14-11-19)32-18-21-8-4-5-9-24(21)20-6-2-1-3-7-20/h1-15,17H,16,18H2,(H2,27,28)(H2,29,30,31). The fraction of sp³-hybridized carbons (Fsp3) is 0.0769. The number of benzene rings is 3. The van der Waals surface area contributed by atoms with Gasteiger partial charge in [-0.15, -0.1) is 0 Å². The number of rotatable bonds is 7. The third kappa shape index (κ3) is 5.64. The first-order chi connectivity index (χ1) is 15.7. The zero-order valence-electron chi connectivity index (χ0n) is 17.5. The number of ether oxygens (including phenoxy) is 1. The van der Waals surface area contributed by atoms with Crippen molar-refractivity contribution in [3.05, 3.63) is 108 Å². The fourth-order valence-corrected chi connectivity index (χ4v) is 3.25. The second kappa shape index (κ2) is 10.1. The van der Waals surface area contributed by atoms with E-state index in [1.807, 2.05) is 54.6 Å². The zero-order valence-corrected chi connectivity index (χ0v) is 17.5. The normalized spacial score (nSPS) is 10.4. The number of nitrogens with one attached hydrogen (secondary N) is 2. The summed E-state index contributed by atoms with van der Waals surface area (Å²) < 4.78 is 6.01. The quantitative estimate of drug-likeness (QED) is 0.379. The predicted octanol–water partition coefficient (Wildman–Crippen LogP) is 5.23. The molecular formula is C26H24N4O2. The van der Waals surface area contributed by atoms with Gasteiger partial charge in [0.2, 0.25) is 0 Å². The van der Waals surface area contributed by atoms with Crippen molar-refractivity contribution in [3.63, 3.8) is 0 Å². The molecule has 4 rings (SSSR count). The van der Waals surface area contributed by atoms with Crippen molar-refractivity contribution in [1.29, 1.82) is 0 Å². The van der Waals surface area contributed by atoms with Gasteiger partial charge < -0.3 is 21.1 Å². The monoisotopic (exact) mass is 424 g/mol. The van der Waals surface area contributed by atoms with Gasteiger partial charge in [0.25, 0.3) is 0 Å². The van der Waals surface area contributed by atoms with Crippen LogP contribution in [0.1, 0.15) is 11.1 Å². The molecule has 0 radical (unpaired) electrons. The lowest BCUT2D eigenvalue weighted by Gasteiger charge is -2.12. The summed E-state index contributed by atoms with van der Waals surface area (Å²) in [4.78, 5) is 16.0. The number of urea groups is 1. The van der Waals surface area contributed by atoms with Crippen LogP contribution < -0.4 is 21.1 Å². The minimum Gasteiger partial charge on any atom is -0.489 e. The second-order valence-corrected chi connectivity index (χ2v) is 7.24. The summed E-state index contributed by atoms with van der Waals surface area (Å²) >= 11 is 0. The van der Waals surface area contributed by atoms with E-state index in [2.05, 4.69) is 39.9 Å². The number of nitrogens with zero attached hydrogens (tertiary/aromatic N) is 1. The molecule has 0 spiro atoms. The van der Waals surface area contributed by atoms with Crippen molar-refractivity contribution in [3.8, 4) is 16.9 Å². The number of anilines is 2. The molecule has 0 fully saturated rings. The third-order valence-corrected chi connectivity index (χ3v) is 4.92. The van der Waals surface area contributed by atoms with E-state index in [0.717, 1.165) is 22.4 Å². The number of hydrogen-bond acceptors (Lipinski definition) is 4. The number of hydrogen-bond donors (Lipinski definition) is 3. The van der Waals surface area contributed by atoms with Gasteiger partial charge >= 0.3 is 6.03 Å². The molecule has 2 amide bonds. The summed E-state index contributed by atoms with van der Waals surface area (Å²) in [6.07, 6.45) is 1.51. The van der Waals surface area contributed by atoms with Crippen molar-refractivity contribution in [2.75, 3.05) is 11.1 Å². The molecule has 0 aliphatic heterocycles. The zero-order chi connectivity index (χ0) is 22.2. The van der Waals surface area contributed by atoms with E-state index in [-0.39, 0.29) is 6.03 Å². The summed E-state index contributed by atoms with van der Waals surface area (Å²) in [5.74, 6) is 1.18. The first-order valence-electron chi connectivity index (χ1n) is 10.3. The molecule has 0 aliphatic rings. The summed E-state index contributed by atoms with van der Waals surface area (Å²) in [6.45, 7) is 0.867. The number of amides is 2. The van der Waals surface area contributed by atoms with Crippen molar-refractivity contribution in [1.82, 2.24) is 10.3 Å². The van der Waals surface area contributed by atoms with Crippen molar-refractivity contribution in [2.24, 2.45) is 0 Å². The van der Waals surface area contributed by atoms with Crippen molar-refractivity contribution >= 4 is 17.5 Å². The van der Waals surface area contributed by atoms with Crippen LogP contribution in [0.3, 0.4) is 0 Å². The van der Waals surface area contributed by atoms with E-state index in [9.17, 15) is 4.79 Å². The molecule has 32 heavy (non-hydrogen) atoms. The smallest absolute Gasteiger partial charge is 0.319 e. The number of nitrogen functional groups attached to an aromatic ring is 1. The Labute approximate surface area is 187 Å². The highest BCUT2D eigenvalue weighted by molar-refractivity contribution is 5.89. The second-order valence-electron chi connectivity index (χ2n) is 7.24. The highest BCUT2D eigenvalue weighted by atomic mass is 16.5. The molecule has 1 aromatic heterocycles. The van der Waals surface area contributed by atoms with Gasteiger partial charge in [-0.05, 0) is 46.5 Å².